The van der Waals surface area contributed by atoms with Gasteiger partial charge in [-0.15, -0.1) is 6.58 Å². The van der Waals surface area contributed by atoms with Crippen molar-refractivity contribution in [3.63, 3.8) is 0 Å². The molecule has 0 fully saturated rings. The fourth-order valence-electron chi connectivity index (χ4n) is 4.48. The number of hydrogen-bond donors (Lipinski definition) is 1. The zero-order chi connectivity index (χ0) is 20.2. The van der Waals surface area contributed by atoms with Crippen molar-refractivity contribution in [3.05, 3.63) is 84.1 Å². The number of hydrogen-bond acceptors (Lipinski definition) is 3. The van der Waals surface area contributed by atoms with E-state index in [1.165, 1.54) is 0 Å². The molecule has 144 valence electrons. The smallest absolute Gasteiger partial charge is 0.243 e. The van der Waals surface area contributed by atoms with Gasteiger partial charge in [0.2, 0.25) is 11.8 Å². The highest BCUT2D eigenvalue weighted by atomic mass is 16.2. The van der Waals surface area contributed by atoms with E-state index in [2.05, 4.69) is 17.0 Å². The molecular formula is C23H20N4O2. The Kier molecular flexibility index (Phi) is 3.71. The van der Waals surface area contributed by atoms with Gasteiger partial charge in [-0.2, -0.15) is 5.10 Å². The van der Waals surface area contributed by atoms with Crippen molar-refractivity contribution in [1.82, 2.24) is 9.78 Å². The molecule has 5 rings (SSSR count). The highest BCUT2D eigenvalue weighted by Gasteiger charge is 2.57. The van der Waals surface area contributed by atoms with Gasteiger partial charge in [0.05, 0.1) is 11.9 Å². The summed E-state index contributed by atoms with van der Waals surface area (Å²) in [5, 5.41) is 7.47. The quantitative estimate of drug-likeness (QED) is 0.705. The normalized spacial score (nSPS) is 19.8. The number of aryl methyl sites for hydroxylation is 1. The number of fused-ring (bicyclic) bond motifs is 4. The van der Waals surface area contributed by atoms with Crippen molar-refractivity contribution >= 4 is 23.3 Å². The third-order valence-corrected chi connectivity index (χ3v) is 5.74. The highest BCUT2D eigenvalue weighted by Crippen LogP contribution is 2.52. The SMILES string of the molecule is C=CCN1C(=O)[C@@]2(CC(=O)Nc3c2cnn3-c2ccccc2)c2cc(C)ccc21. The average molecular weight is 384 g/mol. The molecule has 3 heterocycles. The van der Waals surface area contributed by atoms with Gasteiger partial charge in [0.1, 0.15) is 11.2 Å². The molecule has 1 N–H and O–H groups in total. The van der Waals surface area contributed by atoms with Crippen molar-refractivity contribution in [2.45, 2.75) is 18.8 Å². The van der Waals surface area contributed by atoms with Crippen LogP contribution in [0.3, 0.4) is 0 Å². The molecule has 1 atom stereocenters. The Labute approximate surface area is 168 Å². The van der Waals surface area contributed by atoms with Crippen LogP contribution in [0.2, 0.25) is 0 Å². The number of benzene rings is 2. The topological polar surface area (TPSA) is 67.2 Å². The van der Waals surface area contributed by atoms with Gasteiger partial charge in [-0.25, -0.2) is 4.68 Å². The molecule has 0 saturated carbocycles. The second-order valence-corrected chi connectivity index (χ2v) is 7.51. The molecule has 0 radical (unpaired) electrons. The van der Waals surface area contributed by atoms with Crippen LogP contribution in [-0.4, -0.2) is 28.1 Å². The number of rotatable bonds is 3. The lowest BCUT2D eigenvalue weighted by Crippen LogP contribution is -2.46. The Morgan fingerprint density at radius 3 is 2.72 bits per heavy atom. The first kappa shape index (κ1) is 17.4. The number of carbonyl (C=O) groups is 2. The molecular weight excluding hydrogens is 364 g/mol. The van der Waals surface area contributed by atoms with Crippen molar-refractivity contribution < 1.29 is 9.59 Å². The molecule has 1 spiro atoms. The molecule has 2 aliphatic rings. The minimum absolute atomic E-state index is 0.0589. The third-order valence-electron chi connectivity index (χ3n) is 5.74. The van der Waals surface area contributed by atoms with E-state index in [-0.39, 0.29) is 18.2 Å². The summed E-state index contributed by atoms with van der Waals surface area (Å²) < 4.78 is 1.69. The van der Waals surface area contributed by atoms with Crippen molar-refractivity contribution in [1.29, 1.82) is 0 Å². The monoisotopic (exact) mass is 384 g/mol. The van der Waals surface area contributed by atoms with Gasteiger partial charge in [-0.05, 0) is 30.7 Å². The standard InChI is InChI=1S/C23H20N4O2/c1-3-11-26-19-10-9-15(2)12-17(19)23(22(26)29)13-20(28)25-21-18(23)14-24-27(21)16-7-5-4-6-8-16/h3-10,12,14H,1,11,13H2,2H3,(H,25,28)/t23-/m0/s1. The summed E-state index contributed by atoms with van der Waals surface area (Å²) >= 11 is 0. The highest BCUT2D eigenvalue weighted by molar-refractivity contribution is 6.16. The fraction of sp³-hybridized carbons (Fsp3) is 0.174. The Bertz CT molecular complexity index is 1160. The van der Waals surface area contributed by atoms with Gasteiger partial charge in [0, 0.05) is 24.2 Å². The predicted molar refractivity (Wildman–Crippen MR) is 111 cm³/mol. The molecule has 1 aromatic heterocycles. The summed E-state index contributed by atoms with van der Waals surface area (Å²) in [5.41, 5.74) is 3.20. The number of anilines is 2. The molecule has 0 bridgehead atoms. The number of para-hydroxylation sites is 1. The van der Waals surface area contributed by atoms with E-state index in [1.807, 2.05) is 55.5 Å². The zero-order valence-electron chi connectivity index (χ0n) is 16.1. The summed E-state index contributed by atoms with van der Waals surface area (Å²) in [6.45, 7) is 6.18. The fourth-order valence-corrected chi connectivity index (χ4v) is 4.48. The third kappa shape index (κ3) is 2.32. The lowest BCUT2D eigenvalue weighted by atomic mass is 9.71. The number of nitrogens with zero attached hydrogens (tertiary/aromatic N) is 3. The van der Waals surface area contributed by atoms with Gasteiger partial charge in [0.25, 0.3) is 0 Å². The van der Waals surface area contributed by atoms with E-state index in [1.54, 1.807) is 21.9 Å². The van der Waals surface area contributed by atoms with Gasteiger partial charge in [0.15, 0.2) is 0 Å². The number of nitrogens with one attached hydrogen (secondary N) is 1. The second-order valence-electron chi connectivity index (χ2n) is 7.51. The van der Waals surface area contributed by atoms with E-state index < -0.39 is 5.41 Å². The first-order valence-corrected chi connectivity index (χ1v) is 9.54. The number of amides is 2. The van der Waals surface area contributed by atoms with Crippen LogP contribution in [0.4, 0.5) is 11.5 Å². The summed E-state index contributed by atoms with van der Waals surface area (Å²) in [6, 6.07) is 15.5. The maximum absolute atomic E-state index is 13.8. The Hall–Kier alpha value is -3.67. The molecule has 2 aliphatic heterocycles. The van der Waals surface area contributed by atoms with E-state index in [4.69, 9.17) is 0 Å². The zero-order valence-corrected chi connectivity index (χ0v) is 16.1. The van der Waals surface area contributed by atoms with Crippen LogP contribution >= 0.6 is 0 Å². The lowest BCUT2D eigenvalue weighted by Gasteiger charge is -2.32. The van der Waals surface area contributed by atoms with Crippen LogP contribution in [-0.2, 0) is 15.0 Å². The van der Waals surface area contributed by atoms with Crippen molar-refractivity contribution in [2.75, 3.05) is 16.8 Å². The molecule has 0 unspecified atom stereocenters. The maximum Gasteiger partial charge on any atom is 0.243 e. The molecule has 0 saturated heterocycles. The first-order valence-electron chi connectivity index (χ1n) is 9.54. The number of carbonyl (C=O) groups excluding carboxylic acids is 2. The van der Waals surface area contributed by atoms with Crippen molar-refractivity contribution in [3.8, 4) is 5.69 Å². The van der Waals surface area contributed by atoms with Crippen LogP contribution in [0, 0.1) is 6.92 Å². The van der Waals surface area contributed by atoms with E-state index in [0.717, 1.165) is 28.1 Å². The van der Waals surface area contributed by atoms with Gasteiger partial charge in [-0.1, -0.05) is 42.0 Å². The van der Waals surface area contributed by atoms with Crippen molar-refractivity contribution in [2.24, 2.45) is 0 Å². The molecule has 29 heavy (non-hydrogen) atoms. The molecule has 0 aliphatic carbocycles. The summed E-state index contributed by atoms with van der Waals surface area (Å²) in [7, 11) is 0. The largest absolute Gasteiger partial charge is 0.310 e. The minimum Gasteiger partial charge on any atom is -0.310 e. The van der Waals surface area contributed by atoms with Crippen LogP contribution in [0.1, 0.15) is 23.1 Å². The number of aromatic nitrogens is 2. The second kappa shape index (κ2) is 6.17. The average Bonchev–Trinajstić information content (AvgIpc) is 3.23. The molecule has 6 nitrogen and oxygen atoms in total. The van der Waals surface area contributed by atoms with Crippen LogP contribution in [0.25, 0.3) is 5.69 Å². The first-order chi connectivity index (χ1) is 14.1. The van der Waals surface area contributed by atoms with Crippen LogP contribution in [0.15, 0.2) is 67.4 Å². The van der Waals surface area contributed by atoms with E-state index >= 15 is 0 Å². The molecule has 2 aromatic carbocycles. The predicted octanol–water partition coefficient (Wildman–Crippen LogP) is 3.34. The van der Waals surface area contributed by atoms with E-state index in [9.17, 15) is 9.59 Å². The summed E-state index contributed by atoms with van der Waals surface area (Å²) in [4.78, 5) is 28.3. The Morgan fingerprint density at radius 1 is 1.17 bits per heavy atom. The van der Waals surface area contributed by atoms with E-state index in [0.29, 0.717) is 12.4 Å². The molecule has 6 heteroatoms. The molecule has 2 amide bonds. The lowest BCUT2D eigenvalue weighted by molar-refractivity contribution is -0.126. The van der Waals surface area contributed by atoms with Crippen LogP contribution in [0.5, 0.6) is 0 Å². The summed E-state index contributed by atoms with van der Waals surface area (Å²) in [5.74, 6) is 0.242. The molecule has 3 aromatic rings. The van der Waals surface area contributed by atoms with Crippen LogP contribution < -0.4 is 10.2 Å². The van der Waals surface area contributed by atoms with Gasteiger partial charge < -0.3 is 10.2 Å². The maximum atomic E-state index is 13.8. The van der Waals surface area contributed by atoms with Gasteiger partial charge >= 0.3 is 0 Å². The Morgan fingerprint density at radius 2 is 1.97 bits per heavy atom. The summed E-state index contributed by atoms with van der Waals surface area (Å²) in [6.07, 6.45) is 3.48. The Balaban J connectivity index is 1.78. The van der Waals surface area contributed by atoms with Gasteiger partial charge in [-0.3, -0.25) is 9.59 Å². The minimum atomic E-state index is -1.07.